The highest BCUT2D eigenvalue weighted by Crippen LogP contribution is 2.12. The van der Waals surface area contributed by atoms with E-state index in [0.29, 0.717) is 13.2 Å². The van der Waals surface area contributed by atoms with Gasteiger partial charge < -0.3 is 14.2 Å². The Bertz CT molecular complexity index is 170. The van der Waals surface area contributed by atoms with E-state index in [9.17, 15) is 4.79 Å². The molecule has 1 saturated heterocycles. The van der Waals surface area contributed by atoms with Crippen LogP contribution in [0.4, 0.5) is 4.79 Å². The van der Waals surface area contributed by atoms with Gasteiger partial charge in [0.25, 0.3) is 0 Å². The first kappa shape index (κ1) is 9.32. The van der Waals surface area contributed by atoms with Crippen molar-refractivity contribution >= 4 is 6.16 Å². The monoisotopic (exact) mass is 174 g/mol. The van der Waals surface area contributed by atoms with Gasteiger partial charge in [-0.3, -0.25) is 0 Å². The van der Waals surface area contributed by atoms with Gasteiger partial charge in [0.2, 0.25) is 0 Å². The lowest BCUT2D eigenvalue weighted by molar-refractivity contribution is -0.0413. The van der Waals surface area contributed by atoms with Crippen LogP contribution in [0.2, 0.25) is 0 Å². The molecule has 0 spiro atoms. The number of hydrogen-bond acceptors (Lipinski definition) is 4. The van der Waals surface area contributed by atoms with E-state index in [-0.39, 0.29) is 11.7 Å². The van der Waals surface area contributed by atoms with Crippen LogP contribution in [-0.2, 0) is 14.2 Å². The predicted octanol–water partition coefficient (Wildman–Crippen LogP) is 1.34. The van der Waals surface area contributed by atoms with Crippen molar-refractivity contribution in [2.45, 2.75) is 32.5 Å². The molecule has 1 aliphatic rings. The van der Waals surface area contributed by atoms with Gasteiger partial charge in [-0.25, -0.2) is 4.79 Å². The SMILES string of the molecule is CC(C)(C)OCC1COC(=O)O1. The summed E-state index contributed by atoms with van der Waals surface area (Å²) in [6.07, 6.45) is -0.839. The summed E-state index contributed by atoms with van der Waals surface area (Å²) in [5, 5.41) is 0. The number of rotatable bonds is 2. The van der Waals surface area contributed by atoms with Crippen LogP contribution in [0.25, 0.3) is 0 Å². The van der Waals surface area contributed by atoms with Crippen molar-refractivity contribution in [3.05, 3.63) is 0 Å². The van der Waals surface area contributed by atoms with Gasteiger partial charge in [-0.15, -0.1) is 0 Å². The Morgan fingerprint density at radius 1 is 1.58 bits per heavy atom. The number of carbonyl (C=O) groups excluding carboxylic acids is 1. The molecule has 0 aliphatic carbocycles. The Balaban J connectivity index is 2.20. The molecular formula is C8H14O4. The van der Waals surface area contributed by atoms with Gasteiger partial charge in [-0.2, -0.15) is 0 Å². The highest BCUT2D eigenvalue weighted by Gasteiger charge is 2.26. The fourth-order valence-electron chi connectivity index (χ4n) is 0.790. The molecule has 0 amide bonds. The molecule has 1 unspecified atom stereocenters. The first-order valence-electron chi connectivity index (χ1n) is 3.95. The van der Waals surface area contributed by atoms with Crippen LogP contribution in [0.5, 0.6) is 0 Å². The minimum Gasteiger partial charge on any atom is -0.430 e. The number of carbonyl (C=O) groups is 1. The third-order valence-corrected chi connectivity index (χ3v) is 1.35. The Morgan fingerprint density at radius 3 is 2.67 bits per heavy atom. The van der Waals surface area contributed by atoms with Gasteiger partial charge in [-0.05, 0) is 20.8 Å². The first-order valence-corrected chi connectivity index (χ1v) is 3.95. The summed E-state index contributed by atoms with van der Waals surface area (Å²) >= 11 is 0. The molecule has 0 N–H and O–H groups in total. The second-order valence-corrected chi connectivity index (χ2v) is 3.72. The van der Waals surface area contributed by atoms with Gasteiger partial charge >= 0.3 is 6.16 Å². The van der Waals surface area contributed by atoms with Gasteiger partial charge in [-0.1, -0.05) is 0 Å². The zero-order chi connectivity index (χ0) is 9.19. The average molecular weight is 174 g/mol. The summed E-state index contributed by atoms with van der Waals surface area (Å²) in [5.74, 6) is 0. The van der Waals surface area contributed by atoms with E-state index in [1.54, 1.807) is 0 Å². The van der Waals surface area contributed by atoms with Crippen molar-refractivity contribution < 1.29 is 19.0 Å². The number of ether oxygens (including phenoxy) is 3. The summed E-state index contributed by atoms with van der Waals surface area (Å²) in [4.78, 5) is 10.5. The summed E-state index contributed by atoms with van der Waals surface area (Å²) < 4.78 is 14.8. The summed E-state index contributed by atoms with van der Waals surface area (Å²) in [6, 6.07) is 0. The quantitative estimate of drug-likeness (QED) is 0.592. The maximum Gasteiger partial charge on any atom is 0.508 e. The van der Waals surface area contributed by atoms with Crippen LogP contribution in [0, 0.1) is 0 Å². The lowest BCUT2D eigenvalue weighted by Crippen LogP contribution is -2.27. The zero-order valence-electron chi connectivity index (χ0n) is 7.62. The smallest absolute Gasteiger partial charge is 0.430 e. The van der Waals surface area contributed by atoms with Crippen molar-refractivity contribution in [2.75, 3.05) is 13.2 Å². The predicted molar refractivity (Wildman–Crippen MR) is 41.9 cm³/mol. The second-order valence-electron chi connectivity index (χ2n) is 3.72. The van der Waals surface area contributed by atoms with Crippen LogP contribution in [0.3, 0.4) is 0 Å². The highest BCUT2D eigenvalue weighted by atomic mass is 16.8. The Morgan fingerprint density at radius 2 is 2.25 bits per heavy atom. The normalized spacial score (nSPS) is 23.6. The summed E-state index contributed by atoms with van der Waals surface area (Å²) in [5.41, 5.74) is -0.199. The minimum absolute atomic E-state index is 0.199. The summed E-state index contributed by atoms with van der Waals surface area (Å²) in [6.45, 7) is 6.55. The molecule has 4 nitrogen and oxygen atoms in total. The molecular weight excluding hydrogens is 160 g/mol. The minimum atomic E-state index is -0.600. The number of cyclic esters (lactones) is 2. The largest absolute Gasteiger partial charge is 0.508 e. The molecule has 1 heterocycles. The van der Waals surface area contributed by atoms with Crippen molar-refractivity contribution in [3.8, 4) is 0 Å². The summed E-state index contributed by atoms with van der Waals surface area (Å²) in [7, 11) is 0. The molecule has 0 aromatic rings. The van der Waals surface area contributed by atoms with Crippen LogP contribution in [0.1, 0.15) is 20.8 Å². The molecule has 0 saturated carbocycles. The molecule has 1 rings (SSSR count). The van der Waals surface area contributed by atoms with E-state index >= 15 is 0 Å². The molecule has 0 radical (unpaired) electrons. The highest BCUT2D eigenvalue weighted by molar-refractivity contribution is 5.61. The molecule has 4 heteroatoms. The molecule has 12 heavy (non-hydrogen) atoms. The second kappa shape index (κ2) is 3.31. The van der Waals surface area contributed by atoms with E-state index in [0.717, 1.165) is 0 Å². The van der Waals surface area contributed by atoms with Crippen molar-refractivity contribution in [2.24, 2.45) is 0 Å². The van der Waals surface area contributed by atoms with Crippen molar-refractivity contribution in [1.29, 1.82) is 0 Å². The molecule has 0 aromatic heterocycles. The third kappa shape index (κ3) is 3.09. The topological polar surface area (TPSA) is 44.8 Å². The van der Waals surface area contributed by atoms with Crippen LogP contribution >= 0.6 is 0 Å². The standard InChI is InChI=1S/C8H14O4/c1-8(2,3)11-5-6-4-10-7(9)12-6/h6H,4-5H2,1-3H3. The maximum atomic E-state index is 10.5. The van der Waals surface area contributed by atoms with Gasteiger partial charge in [0.05, 0.1) is 12.2 Å². The van der Waals surface area contributed by atoms with Crippen molar-refractivity contribution in [1.82, 2.24) is 0 Å². The molecule has 0 aromatic carbocycles. The van der Waals surface area contributed by atoms with Crippen LogP contribution < -0.4 is 0 Å². The zero-order valence-corrected chi connectivity index (χ0v) is 7.62. The Labute approximate surface area is 71.8 Å². The Hall–Kier alpha value is -0.770. The fourth-order valence-corrected chi connectivity index (χ4v) is 0.790. The lowest BCUT2D eigenvalue weighted by atomic mass is 10.2. The lowest BCUT2D eigenvalue weighted by Gasteiger charge is -2.20. The maximum absolute atomic E-state index is 10.5. The Kier molecular flexibility index (Phi) is 2.57. The van der Waals surface area contributed by atoms with E-state index in [2.05, 4.69) is 4.74 Å². The molecule has 70 valence electrons. The molecule has 1 fully saturated rings. The fraction of sp³-hybridized carbons (Fsp3) is 0.875. The van der Waals surface area contributed by atoms with Gasteiger partial charge in [0.1, 0.15) is 6.61 Å². The van der Waals surface area contributed by atoms with E-state index in [4.69, 9.17) is 9.47 Å². The van der Waals surface area contributed by atoms with E-state index in [1.165, 1.54) is 0 Å². The third-order valence-electron chi connectivity index (χ3n) is 1.35. The number of hydrogen-bond donors (Lipinski definition) is 0. The average Bonchev–Trinajstić information content (AvgIpc) is 2.30. The van der Waals surface area contributed by atoms with Crippen molar-refractivity contribution in [3.63, 3.8) is 0 Å². The van der Waals surface area contributed by atoms with Crippen LogP contribution in [-0.4, -0.2) is 31.1 Å². The van der Waals surface area contributed by atoms with E-state index < -0.39 is 6.16 Å². The van der Waals surface area contributed by atoms with Crippen LogP contribution in [0.15, 0.2) is 0 Å². The molecule has 1 aliphatic heterocycles. The first-order chi connectivity index (χ1) is 5.47. The van der Waals surface area contributed by atoms with E-state index in [1.807, 2.05) is 20.8 Å². The van der Waals surface area contributed by atoms with Gasteiger partial charge in [0.15, 0.2) is 6.10 Å². The van der Waals surface area contributed by atoms with Gasteiger partial charge in [0, 0.05) is 0 Å². The molecule has 0 bridgehead atoms. The molecule has 1 atom stereocenters.